The second kappa shape index (κ2) is 5.28. The van der Waals surface area contributed by atoms with Crippen LogP contribution in [-0.4, -0.2) is 20.1 Å². The van der Waals surface area contributed by atoms with E-state index in [9.17, 15) is 0 Å². The maximum atomic E-state index is 6.39. The van der Waals surface area contributed by atoms with Crippen molar-refractivity contribution in [1.82, 2.24) is 5.32 Å². The fourth-order valence-corrected chi connectivity index (χ4v) is 2.68. The van der Waals surface area contributed by atoms with Crippen LogP contribution in [0.25, 0.3) is 0 Å². The number of hydrogen-bond acceptors (Lipinski definition) is 2. The van der Waals surface area contributed by atoms with Crippen LogP contribution >= 0.6 is 11.6 Å². The molecule has 2 unspecified atom stereocenters. The van der Waals surface area contributed by atoms with E-state index in [2.05, 4.69) is 42.3 Å². The highest BCUT2D eigenvalue weighted by Crippen LogP contribution is 2.32. The van der Waals surface area contributed by atoms with Crippen molar-refractivity contribution in [2.45, 2.75) is 26.3 Å². The van der Waals surface area contributed by atoms with Gasteiger partial charge in [0.15, 0.2) is 0 Å². The van der Waals surface area contributed by atoms with E-state index >= 15 is 0 Å². The van der Waals surface area contributed by atoms with Gasteiger partial charge in [-0.1, -0.05) is 24.6 Å². The van der Waals surface area contributed by atoms with Crippen molar-refractivity contribution < 1.29 is 0 Å². The molecule has 1 N–H and O–H groups in total. The van der Waals surface area contributed by atoms with Crippen LogP contribution in [0, 0.1) is 5.92 Å². The number of hydrogen-bond donors (Lipinski definition) is 1. The summed E-state index contributed by atoms with van der Waals surface area (Å²) in [6.07, 6.45) is 1.27. The van der Waals surface area contributed by atoms with Gasteiger partial charge < -0.3 is 10.2 Å². The Morgan fingerprint density at radius 1 is 1.47 bits per heavy atom. The molecule has 0 radical (unpaired) electrons. The molecule has 0 saturated carbocycles. The normalized spacial score (nSPS) is 21.9. The van der Waals surface area contributed by atoms with E-state index in [0.29, 0.717) is 6.04 Å². The van der Waals surface area contributed by atoms with Crippen LogP contribution in [0.15, 0.2) is 18.2 Å². The fraction of sp³-hybridized carbons (Fsp3) is 0.571. The highest BCUT2D eigenvalue weighted by Gasteiger charge is 2.20. The van der Waals surface area contributed by atoms with Crippen molar-refractivity contribution >= 4 is 17.3 Å². The van der Waals surface area contributed by atoms with Crippen molar-refractivity contribution in [2.24, 2.45) is 5.92 Å². The van der Waals surface area contributed by atoms with E-state index in [1.807, 2.05) is 7.05 Å². The highest BCUT2D eigenvalue weighted by molar-refractivity contribution is 6.33. The molecule has 0 aliphatic carbocycles. The highest BCUT2D eigenvalue weighted by atomic mass is 35.5. The zero-order chi connectivity index (χ0) is 12.4. The van der Waals surface area contributed by atoms with Gasteiger partial charge in [0.1, 0.15) is 0 Å². The first-order valence-corrected chi connectivity index (χ1v) is 6.71. The Bertz CT molecular complexity index is 392. The molecule has 1 heterocycles. The van der Waals surface area contributed by atoms with E-state index in [1.165, 1.54) is 17.7 Å². The van der Waals surface area contributed by atoms with Crippen LogP contribution in [0.5, 0.6) is 0 Å². The summed E-state index contributed by atoms with van der Waals surface area (Å²) in [5.74, 6) is 0.780. The second-order valence-corrected chi connectivity index (χ2v) is 5.47. The molecule has 1 fully saturated rings. The molecule has 94 valence electrons. The molecular weight excluding hydrogens is 232 g/mol. The molecule has 1 aliphatic rings. The molecule has 17 heavy (non-hydrogen) atoms. The van der Waals surface area contributed by atoms with Gasteiger partial charge in [-0.05, 0) is 44.0 Å². The number of rotatable bonds is 3. The van der Waals surface area contributed by atoms with Crippen molar-refractivity contribution in [3.8, 4) is 0 Å². The zero-order valence-corrected chi connectivity index (χ0v) is 11.6. The molecule has 1 aromatic carbocycles. The molecular formula is C14H21ClN2. The maximum Gasteiger partial charge on any atom is 0.0642 e. The molecule has 0 bridgehead atoms. The predicted octanol–water partition coefficient (Wildman–Crippen LogP) is 3.47. The summed E-state index contributed by atoms with van der Waals surface area (Å²) < 4.78 is 0. The lowest BCUT2D eigenvalue weighted by atomic mass is 10.1. The molecule has 2 atom stereocenters. The fourth-order valence-electron chi connectivity index (χ4n) is 2.37. The number of anilines is 1. The standard InChI is InChI=1S/C14H21ClN2/c1-10-6-7-17(9-10)14-5-4-12(8-13(14)15)11(2)16-3/h4-5,8,10-11,16H,6-7,9H2,1-3H3. The Balaban J connectivity index is 2.20. The Kier molecular flexibility index (Phi) is 3.95. The van der Waals surface area contributed by atoms with E-state index in [1.54, 1.807) is 0 Å². The summed E-state index contributed by atoms with van der Waals surface area (Å²) in [6, 6.07) is 6.76. The summed E-state index contributed by atoms with van der Waals surface area (Å²) in [7, 11) is 1.97. The first-order chi connectivity index (χ1) is 8.11. The average Bonchev–Trinajstić information content (AvgIpc) is 2.74. The molecule has 1 saturated heterocycles. The molecule has 0 aromatic heterocycles. The van der Waals surface area contributed by atoms with Crippen molar-refractivity contribution in [3.05, 3.63) is 28.8 Å². The van der Waals surface area contributed by atoms with Gasteiger partial charge in [0, 0.05) is 19.1 Å². The Hall–Kier alpha value is -0.730. The number of nitrogens with one attached hydrogen (secondary N) is 1. The minimum absolute atomic E-state index is 0.346. The van der Waals surface area contributed by atoms with Gasteiger partial charge in [-0.25, -0.2) is 0 Å². The largest absolute Gasteiger partial charge is 0.370 e. The summed E-state index contributed by atoms with van der Waals surface area (Å²) in [5, 5.41) is 4.11. The molecule has 2 nitrogen and oxygen atoms in total. The summed E-state index contributed by atoms with van der Waals surface area (Å²) in [4.78, 5) is 2.39. The van der Waals surface area contributed by atoms with Crippen LogP contribution in [0.2, 0.25) is 5.02 Å². The molecule has 0 amide bonds. The van der Waals surface area contributed by atoms with E-state index < -0.39 is 0 Å². The van der Waals surface area contributed by atoms with Gasteiger partial charge in [0.25, 0.3) is 0 Å². The molecule has 1 aromatic rings. The lowest BCUT2D eigenvalue weighted by Crippen LogP contribution is -2.20. The first kappa shape index (κ1) is 12.7. The zero-order valence-electron chi connectivity index (χ0n) is 10.8. The smallest absolute Gasteiger partial charge is 0.0642 e. The number of halogens is 1. The van der Waals surface area contributed by atoms with Crippen molar-refractivity contribution in [2.75, 3.05) is 25.0 Å². The van der Waals surface area contributed by atoms with E-state index in [4.69, 9.17) is 11.6 Å². The molecule has 2 rings (SSSR count). The lowest BCUT2D eigenvalue weighted by molar-refractivity contribution is 0.652. The summed E-state index contributed by atoms with van der Waals surface area (Å²) in [5.41, 5.74) is 2.43. The van der Waals surface area contributed by atoms with Crippen molar-refractivity contribution in [1.29, 1.82) is 0 Å². The SMILES string of the molecule is CNC(C)c1ccc(N2CCC(C)C2)c(Cl)c1. The number of benzene rings is 1. The first-order valence-electron chi connectivity index (χ1n) is 6.33. The Morgan fingerprint density at radius 2 is 2.24 bits per heavy atom. The minimum atomic E-state index is 0.346. The van der Waals surface area contributed by atoms with Gasteiger partial charge in [-0.15, -0.1) is 0 Å². The monoisotopic (exact) mass is 252 g/mol. The maximum absolute atomic E-state index is 6.39. The van der Waals surface area contributed by atoms with Crippen LogP contribution in [-0.2, 0) is 0 Å². The number of nitrogens with zero attached hydrogens (tertiary/aromatic N) is 1. The second-order valence-electron chi connectivity index (χ2n) is 5.06. The van der Waals surface area contributed by atoms with Crippen LogP contribution < -0.4 is 10.2 Å². The topological polar surface area (TPSA) is 15.3 Å². The molecule has 1 aliphatic heterocycles. The third-order valence-corrected chi connectivity index (χ3v) is 3.97. The Labute approximate surface area is 109 Å². The summed E-state index contributed by atoms with van der Waals surface area (Å²) >= 11 is 6.39. The third-order valence-electron chi connectivity index (χ3n) is 3.67. The van der Waals surface area contributed by atoms with Crippen molar-refractivity contribution in [3.63, 3.8) is 0 Å². The van der Waals surface area contributed by atoms with E-state index in [0.717, 1.165) is 24.0 Å². The van der Waals surface area contributed by atoms with Gasteiger partial charge in [0.05, 0.1) is 10.7 Å². The van der Waals surface area contributed by atoms with Gasteiger partial charge in [0.2, 0.25) is 0 Å². The van der Waals surface area contributed by atoms with Gasteiger partial charge in [-0.3, -0.25) is 0 Å². The van der Waals surface area contributed by atoms with E-state index in [-0.39, 0.29) is 0 Å². The predicted molar refractivity (Wildman–Crippen MR) is 74.9 cm³/mol. The van der Waals surface area contributed by atoms with Crippen LogP contribution in [0.4, 0.5) is 5.69 Å². The minimum Gasteiger partial charge on any atom is -0.370 e. The lowest BCUT2D eigenvalue weighted by Gasteiger charge is -2.21. The van der Waals surface area contributed by atoms with Gasteiger partial charge in [-0.2, -0.15) is 0 Å². The van der Waals surface area contributed by atoms with Crippen LogP contribution in [0.3, 0.4) is 0 Å². The molecule has 0 spiro atoms. The Morgan fingerprint density at radius 3 is 2.76 bits per heavy atom. The average molecular weight is 253 g/mol. The van der Waals surface area contributed by atoms with Crippen LogP contribution in [0.1, 0.15) is 31.9 Å². The van der Waals surface area contributed by atoms with Gasteiger partial charge >= 0.3 is 0 Å². The third kappa shape index (κ3) is 2.75. The summed E-state index contributed by atoms with van der Waals surface area (Å²) in [6.45, 7) is 6.69. The quantitative estimate of drug-likeness (QED) is 0.886. The molecule has 3 heteroatoms.